The maximum atomic E-state index is 10.8. The lowest BCUT2D eigenvalue weighted by atomic mass is 10.2. The second-order valence-electron chi connectivity index (χ2n) is 2.44. The molecule has 0 aliphatic carbocycles. The molecule has 1 N–H and O–H groups in total. The minimum absolute atomic E-state index is 0.0737. The summed E-state index contributed by atoms with van der Waals surface area (Å²) in [5, 5.41) is 8.72. The minimum Gasteiger partial charge on any atom is -0.478 e. The van der Waals surface area contributed by atoms with Gasteiger partial charge in [-0.3, -0.25) is 4.79 Å². The number of hydrogen-bond donors (Lipinski definition) is 1. The van der Waals surface area contributed by atoms with Crippen LogP contribution < -0.4 is 4.74 Å². The zero-order valence-electron chi connectivity index (χ0n) is 7.07. The molecule has 0 atom stereocenters. The third-order valence-electron chi connectivity index (χ3n) is 1.42. The van der Waals surface area contributed by atoms with Gasteiger partial charge in [0.1, 0.15) is 11.1 Å². The number of carboxylic acid groups (broad SMARTS) is 1. The van der Waals surface area contributed by atoms with Crippen molar-refractivity contribution in [1.82, 2.24) is 0 Å². The minimum atomic E-state index is -1.05. The fraction of sp³-hybridized carbons (Fsp3) is 0.111. The normalized spacial score (nSPS) is 9.50. The van der Waals surface area contributed by atoms with Crippen molar-refractivity contribution < 1.29 is 19.4 Å². The Balaban J connectivity index is 2.83. The van der Waals surface area contributed by atoms with Crippen LogP contribution in [0.1, 0.15) is 10.4 Å². The molecule has 1 aromatic carbocycles. The summed E-state index contributed by atoms with van der Waals surface area (Å²) in [6.45, 7) is 0. The predicted molar refractivity (Wildman–Crippen MR) is 52.8 cm³/mol. The van der Waals surface area contributed by atoms with E-state index in [1.807, 2.05) is 0 Å². The van der Waals surface area contributed by atoms with Gasteiger partial charge in [-0.25, -0.2) is 4.79 Å². The highest BCUT2D eigenvalue weighted by Gasteiger charge is 2.06. The molecule has 14 heavy (non-hydrogen) atoms. The molecule has 0 aromatic heterocycles. The second kappa shape index (κ2) is 4.76. The monoisotopic (exact) mass is 258 g/mol. The molecule has 0 saturated carbocycles. The van der Waals surface area contributed by atoms with E-state index in [9.17, 15) is 9.59 Å². The lowest BCUT2D eigenvalue weighted by molar-refractivity contribution is -0.131. The Morgan fingerprint density at radius 2 is 2.14 bits per heavy atom. The molecular formula is C9H7BrO4. The first-order valence-electron chi connectivity index (χ1n) is 3.73. The molecule has 0 saturated heterocycles. The van der Waals surface area contributed by atoms with Crippen LogP contribution in [0.15, 0.2) is 24.3 Å². The Morgan fingerprint density at radius 3 is 2.71 bits per heavy atom. The third kappa shape index (κ3) is 2.85. The van der Waals surface area contributed by atoms with Gasteiger partial charge in [0, 0.05) is 0 Å². The van der Waals surface area contributed by atoms with Gasteiger partial charge in [0.2, 0.25) is 0 Å². The van der Waals surface area contributed by atoms with Gasteiger partial charge in [-0.2, -0.15) is 0 Å². The molecule has 1 aromatic rings. The Bertz CT molecular complexity index is 362. The Labute approximate surface area is 88.6 Å². The molecular weight excluding hydrogens is 252 g/mol. The van der Waals surface area contributed by atoms with Gasteiger partial charge >= 0.3 is 11.9 Å². The molecule has 0 aliphatic heterocycles. The number of halogens is 1. The van der Waals surface area contributed by atoms with Crippen LogP contribution >= 0.6 is 15.9 Å². The number of carbonyl (C=O) groups is 2. The molecule has 74 valence electrons. The summed E-state index contributed by atoms with van der Waals surface area (Å²) < 4.78 is 4.81. The van der Waals surface area contributed by atoms with Crippen molar-refractivity contribution in [2.45, 2.75) is 0 Å². The van der Waals surface area contributed by atoms with Crippen molar-refractivity contribution in [1.29, 1.82) is 0 Å². The van der Waals surface area contributed by atoms with E-state index in [2.05, 4.69) is 15.9 Å². The average molecular weight is 259 g/mol. The van der Waals surface area contributed by atoms with Crippen LogP contribution in [-0.2, 0) is 4.79 Å². The fourth-order valence-electron chi connectivity index (χ4n) is 0.851. The van der Waals surface area contributed by atoms with Crippen LogP contribution in [0.5, 0.6) is 5.75 Å². The van der Waals surface area contributed by atoms with Gasteiger partial charge in [0.05, 0.1) is 5.56 Å². The van der Waals surface area contributed by atoms with Crippen LogP contribution in [0.25, 0.3) is 0 Å². The number of rotatable bonds is 3. The van der Waals surface area contributed by atoms with Crippen LogP contribution in [0, 0.1) is 0 Å². The van der Waals surface area contributed by atoms with Crippen molar-refractivity contribution in [2.75, 3.05) is 5.33 Å². The molecule has 0 radical (unpaired) electrons. The smallest absolute Gasteiger partial charge is 0.335 e. The first-order chi connectivity index (χ1) is 6.63. The number of esters is 1. The van der Waals surface area contributed by atoms with Crippen LogP contribution in [-0.4, -0.2) is 22.4 Å². The van der Waals surface area contributed by atoms with Crippen LogP contribution in [0.2, 0.25) is 0 Å². The predicted octanol–water partition coefficient (Wildman–Crippen LogP) is 1.69. The highest BCUT2D eigenvalue weighted by atomic mass is 79.9. The Kier molecular flexibility index (Phi) is 3.64. The molecule has 0 unspecified atom stereocenters. The van der Waals surface area contributed by atoms with E-state index in [-0.39, 0.29) is 16.6 Å². The molecule has 4 nitrogen and oxygen atoms in total. The zero-order valence-corrected chi connectivity index (χ0v) is 8.65. The first-order valence-corrected chi connectivity index (χ1v) is 4.85. The highest BCUT2D eigenvalue weighted by molar-refractivity contribution is 9.09. The second-order valence-corrected chi connectivity index (χ2v) is 3.00. The maximum Gasteiger partial charge on any atom is 0.335 e. The number of carboxylic acids is 1. The summed E-state index contributed by atoms with van der Waals surface area (Å²) in [6.07, 6.45) is 0. The van der Waals surface area contributed by atoms with Gasteiger partial charge in [0.15, 0.2) is 0 Å². The first kappa shape index (κ1) is 10.7. The topological polar surface area (TPSA) is 63.6 Å². The van der Waals surface area contributed by atoms with Gasteiger partial charge in [-0.05, 0) is 18.2 Å². The molecule has 0 amide bonds. The molecule has 1 rings (SSSR count). The summed E-state index contributed by atoms with van der Waals surface area (Å²) in [6, 6.07) is 5.75. The van der Waals surface area contributed by atoms with E-state index < -0.39 is 11.9 Å². The summed E-state index contributed by atoms with van der Waals surface area (Å²) in [5.41, 5.74) is 0.0878. The average Bonchev–Trinajstić information content (AvgIpc) is 2.18. The van der Waals surface area contributed by atoms with Crippen molar-refractivity contribution in [3.8, 4) is 5.75 Å². The molecule has 0 fully saturated rings. The summed E-state index contributed by atoms with van der Waals surface area (Å²) >= 11 is 2.93. The third-order valence-corrected chi connectivity index (χ3v) is 1.88. The summed E-state index contributed by atoms with van der Waals surface area (Å²) in [4.78, 5) is 21.4. The van der Waals surface area contributed by atoms with Gasteiger partial charge in [-0.1, -0.05) is 22.0 Å². The summed E-state index contributed by atoms with van der Waals surface area (Å²) in [5.74, 6) is -1.29. The van der Waals surface area contributed by atoms with Crippen LogP contribution in [0.4, 0.5) is 0 Å². The quantitative estimate of drug-likeness (QED) is 0.509. The molecule has 0 spiro atoms. The van der Waals surface area contributed by atoms with Crippen molar-refractivity contribution in [2.24, 2.45) is 0 Å². The van der Waals surface area contributed by atoms with E-state index in [4.69, 9.17) is 9.84 Å². The maximum absolute atomic E-state index is 10.8. The fourth-order valence-corrected chi connectivity index (χ4v) is 0.966. The lowest BCUT2D eigenvalue weighted by Crippen LogP contribution is -2.09. The number of ether oxygens (including phenoxy) is 1. The van der Waals surface area contributed by atoms with Gasteiger partial charge in [-0.15, -0.1) is 0 Å². The Hall–Kier alpha value is -1.36. The standard InChI is InChI=1S/C9H7BrO4/c10-5-8(11)14-7-3-1-2-6(4-7)9(12)13/h1-4H,5H2,(H,12,13). The SMILES string of the molecule is O=C(CBr)Oc1cccc(C(=O)O)c1. The highest BCUT2D eigenvalue weighted by Crippen LogP contribution is 2.13. The van der Waals surface area contributed by atoms with E-state index in [1.54, 1.807) is 0 Å². The number of hydrogen-bond acceptors (Lipinski definition) is 3. The molecule has 0 bridgehead atoms. The Morgan fingerprint density at radius 1 is 1.43 bits per heavy atom. The van der Waals surface area contributed by atoms with E-state index >= 15 is 0 Å². The van der Waals surface area contributed by atoms with Crippen molar-refractivity contribution >= 4 is 27.9 Å². The summed E-state index contributed by atoms with van der Waals surface area (Å²) in [7, 11) is 0. The molecule has 0 heterocycles. The largest absolute Gasteiger partial charge is 0.478 e. The van der Waals surface area contributed by atoms with E-state index in [1.165, 1.54) is 24.3 Å². The van der Waals surface area contributed by atoms with Crippen molar-refractivity contribution in [3.05, 3.63) is 29.8 Å². The van der Waals surface area contributed by atoms with E-state index in [0.29, 0.717) is 0 Å². The number of alkyl halides is 1. The zero-order chi connectivity index (χ0) is 10.6. The lowest BCUT2D eigenvalue weighted by Gasteiger charge is -2.02. The number of aromatic carboxylic acids is 1. The number of benzene rings is 1. The van der Waals surface area contributed by atoms with E-state index in [0.717, 1.165) is 0 Å². The van der Waals surface area contributed by atoms with Gasteiger partial charge in [0.25, 0.3) is 0 Å². The number of carbonyl (C=O) groups excluding carboxylic acids is 1. The molecule has 0 aliphatic rings. The van der Waals surface area contributed by atoms with Crippen molar-refractivity contribution in [3.63, 3.8) is 0 Å². The van der Waals surface area contributed by atoms with Gasteiger partial charge < -0.3 is 9.84 Å². The van der Waals surface area contributed by atoms with Crippen LogP contribution in [0.3, 0.4) is 0 Å². The molecule has 5 heteroatoms.